The Labute approximate surface area is 103 Å². The van der Waals surface area contributed by atoms with Gasteiger partial charge in [-0.25, -0.2) is 0 Å². The highest BCUT2D eigenvalue weighted by atomic mass is 32.2. The Balaban J connectivity index is 2.91. The van der Waals surface area contributed by atoms with Crippen LogP contribution in [-0.4, -0.2) is 6.21 Å². The van der Waals surface area contributed by atoms with E-state index in [1.807, 2.05) is 19.3 Å². The van der Waals surface area contributed by atoms with Crippen molar-refractivity contribution in [2.75, 3.05) is 0 Å². The number of unbranched alkanes of at least 4 members (excludes halogenated alkanes) is 1. The van der Waals surface area contributed by atoms with Gasteiger partial charge in [-0.15, -0.1) is 0 Å². The number of aliphatic imine (C=N–C) groups is 1. The second-order valence-corrected chi connectivity index (χ2v) is 4.62. The summed E-state index contributed by atoms with van der Waals surface area (Å²) in [5, 5.41) is 2.14. The summed E-state index contributed by atoms with van der Waals surface area (Å²) in [5.41, 5.74) is 3.47. The molecule has 0 aromatic rings. The lowest BCUT2D eigenvalue weighted by Gasteiger charge is -2.18. The Morgan fingerprint density at radius 1 is 1.50 bits per heavy atom. The SMILES string of the molecule is C=C1C(C)=CSC(=CC)C1=CN=CCCC. The van der Waals surface area contributed by atoms with Crippen LogP contribution in [0.1, 0.15) is 33.6 Å². The molecule has 0 fully saturated rings. The number of thioether (sulfide) groups is 1. The molecule has 2 heteroatoms. The first-order chi connectivity index (χ1) is 7.70. The van der Waals surface area contributed by atoms with Gasteiger partial charge in [0.1, 0.15) is 0 Å². The van der Waals surface area contributed by atoms with Crippen molar-refractivity contribution in [2.45, 2.75) is 33.6 Å². The molecule has 86 valence electrons. The maximum absolute atomic E-state index is 4.34. The molecule has 0 spiro atoms. The van der Waals surface area contributed by atoms with Crippen molar-refractivity contribution in [3.05, 3.63) is 45.9 Å². The minimum Gasteiger partial charge on any atom is -0.268 e. The Kier molecular flexibility index (Phi) is 5.33. The van der Waals surface area contributed by atoms with Crippen molar-refractivity contribution in [1.82, 2.24) is 0 Å². The van der Waals surface area contributed by atoms with E-state index >= 15 is 0 Å². The fraction of sp³-hybridized carbons (Fsp3) is 0.357. The number of rotatable bonds is 3. The molecule has 0 saturated heterocycles. The molecule has 1 heterocycles. The third-order valence-corrected chi connectivity index (χ3v) is 3.60. The highest BCUT2D eigenvalue weighted by Crippen LogP contribution is 2.38. The Morgan fingerprint density at radius 3 is 2.88 bits per heavy atom. The smallest absolute Gasteiger partial charge is 0.0353 e. The van der Waals surface area contributed by atoms with Crippen molar-refractivity contribution < 1.29 is 0 Å². The quantitative estimate of drug-likeness (QED) is 0.635. The number of hydrogen-bond acceptors (Lipinski definition) is 2. The molecule has 1 aliphatic rings. The van der Waals surface area contributed by atoms with E-state index in [4.69, 9.17) is 0 Å². The van der Waals surface area contributed by atoms with Crippen molar-refractivity contribution in [3.63, 3.8) is 0 Å². The van der Waals surface area contributed by atoms with Gasteiger partial charge in [-0.1, -0.05) is 37.8 Å². The van der Waals surface area contributed by atoms with E-state index in [1.165, 1.54) is 10.5 Å². The van der Waals surface area contributed by atoms with Crippen LogP contribution in [0.5, 0.6) is 0 Å². The van der Waals surface area contributed by atoms with Crippen LogP contribution in [-0.2, 0) is 0 Å². The highest BCUT2D eigenvalue weighted by Gasteiger charge is 2.14. The molecular weight excluding hydrogens is 214 g/mol. The van der Waals surface area contributed by atoms with Crippen LogP contribution in [0, 0.1) is 0 Å². The summed E-state index contributed by atoms with van der Waals surface area (Å²) in [5.74, 6) is 0. The summed E-state index contributed by atoms with van der Waals surface area (Å²) in [6.45, 7) is 10.4. The molecule has 0 amide bonds. The zero-order valence-corrected chi connectivity index (χ0v) is 11.1. The van der Waals surface area contributed by atoms with Gasteiger partial charge in [-0.2, -0.15) is 0 Å². The molecule has 0 aromatic heterocycles. The van der Waals surface area contributed by atoms with Gasteiger partial charge >= 0.3 is 0 Å². The summed E-state index contributed by atoms with van der Waals surface area (Å²) in [7, 11) is 0. The molecule has 0 atom stereocenters. The van der Waals surface area contributed by atoms with Gasteiger partial charge in [-0.05, 0) is 36.8 Å². The molecule has 16 heavy (non-hydrogen) atoms. The van der Waals surface area contributed by atoms with E-state index in [1.54, 1.807) is 11.8 Å². The third kappa shape index (κ3) is 3.24. The van der Waals surface area contributed by atoms with Crippen LogP contribution in [0.3, 0.4) is 0 Å². The van der Waals surface area contributed by atoms with Gasteiger partial charge in [0, 0.05) is 22.9 Å². The summed E-state index contributed by atoms with van der Waals surface area (Å²) in [6, 6.07) is 0. The van der Waals surface area contributed by atoms with Crippen LogP contribution < -0.4 is 0 Å². The van der Waals surface area contributed by atoms with Crippen molar-refractivity contribution in [2.24, 2.45) is 4.99 Å². The van der Waals surface area contributed by atoms with Crippen LogP contribution in [0.4, 0.5) is 0 Å². The van der Waals surface area contributed by atoms with E-state index in [-0.39, 0.29) is 0 Å². The zero-order chi connectivity index (χ0) is 12.0. The average molecular weight is 233 g/mol. The topological polar surface area (TPSA) is 12.4 Å². The monoisotopic (exact) mass is 233 g/mol. The fourth-order valence-corrected chi connectivity index (χ4v) is 2.23. The highest BCUT2D eigenvalue weighted by molar-refractivity contribution is 8.06. The van der Waals surface area contributed by atoms with E-state index in [2.05, 4.69) is 36.9 Å². The van der Waals surface area contributed by atoms with E-state index in [9.17, 15) is 0 Å². The Morgan fingerprint density at radius 2 is 2.25 bits per heavy atom. The first-order valence-electron chi connectivity index (χ1n) is 5.62. The molecule has 0 aliphatic carbocycles. The summed E-state index contributed by atoms with van der Waals surface area (Å²) in [6.07, 6.45) is 8.17. The summed E-state index contributed by atoms with van der Waals surface area (Å²) < 4.78 is 0. The normalized spacial score (nSPS) is 22.2. The minimum atomic E-state index is 1.03. The number of allylic oxidation sites excluding steroid dienone is 4. The molecule has 0 N–H and O–H groups in total. The van der Waals surface area contributed by atoms with Crippen molar-refractivity contribution in [1.29, 1.82) is 0 Å². The molecule has 1 rings (SSSR count). The third-order valence-electron chi connectivity index (χ3n) is 2.42. The average Bonchev–Trinajstić information content (AvgIpc) is 2.30. The van der Waals surface area contributed by atoms with Crippen LogP contribution in [0.25, 0.3) is 0 Å². The van der Waals surface area contributed by atoms with E-state index in [0.29, 0.717) is 0 Å². The maximum Gasteiger partial charge on any atom is 0.0353 e. The maximum atomic E-state index is 4.34. The lowest BCUT2D eigenvalue weighted by atomic mass is 10.0. The molecule has 0 aromatic carbocycles. The molecule has 0 saturated carbocycles. The van der Waals surface area contributed by atoms with Crippen LogP contribution >= 0.6 is 11.8 Å². The minimum absolute atomic E-state index is 1.03. The van der Waals surface area contributed by atoms with Gasteiger partial charge in [0.15, 0.2) is 0 Å². The van der Waals surface area contributed by atoms with Crippen molar-refractivity contribution in [3.8, 4) is 0 Å². The first kappa shape index (κ1) is 13.0. The second-order valence-electron chi connectivity index (χ2n) is 3.71. The van der Waals surface area contributed by atoms with Crippen LogP contribution in [0.15, 0.2) is 50.9 Å². The molecule has 0 unspecified atom stereocenters. The van der Waals surface area contributed by atoms with Crippen molar-refractivity contribution >= 4 is 18.0 Å². The van der Waals surface area contributed by atoms with Gasteiger partial charge in [0.25, 0.3) is 0 Å². The molecule has 1 nitrogen and oxygen atoms in total. The molecule has 1 aliphatic heterocycles. The van der Waals surface area contributed by atoms with Gasteiger partial charge in [0.2, 0.25) is 0 Å². The second kappa shape index (κ2) is 6.54. The van der Waals surface area contributed by atoms with E-state index in [0.717, 1.165) is 24.0 Å². The lowest BCUT2D eigenvalue weighted by molar-refractivity contribution is 1.01. The standard InChI is InChI=1S/C14H19NS/c1-5-7-8-15-9-13-12(4)11(3)10-16-14(13)6-2/h6,8-10H,4-5,7H2,1-3H3. The first-order valence-corrected chi connectivity index (χ1v) is 6.50. The Hall–Kier alpha value is -1.02. The predicted octanol–water partition coefficient (Wildman–Crippen LogP) is 4.85. The number of nitrogens with zero attached hydrogens (tertiary/aromatic N) is 1. The number of hydrogen-bond donors (Lipinski definition) is 0. The Bertz CT molecular complexity index is 380. The zero-order valence-electron chi connectivity index (χ0n) is 10.3. The van der Waals surface area contributed by atoms with E-state index < -0.39 is 0 Å². The van der Waals surface area contributed by atoms with Gasteiger partial charge in [0.05, 0.1) is 0 Å². The fourth-order valence-electron chi connectivity index (χ4n) is 1.34. The lowest BCUT2D eigenvalue weighted by Crippen LogP contribution is -1.96. The van der Waals surface area contributed by atoms with Gasteiger partial charge < -0.3 is 0 Å². The van der Waals surface area contributed by atoms with Crippen LogP contribution in [0.2, 0.25) is 0 Å². The molecular formula is C14H19NS. The van der Waals surface area contributed by atoms with Gasteiger partial charge in [-0.3, -0.25) is 4.99 Å². The summed E-state index contributed by atoms with van der Waals surface area (Å²) in [4.78, 5) is 5.58. The predicted molar refractivity (Wildman–Crippen MR) is 75.7 cm³/mol. The largest absolute Gasteiger partial charge is 0.268 e. The summed E-state index contributed by atoms with van der Waals surface area (Å²) >= 11 is 1.74. The molecule has 0 bridgehead atoms. The molecule has 0 radical (unpaired) electrons.